The molecule has 0 unspecified atom stereocenters. The fourth-order valence-corrected chi connectivity index (χ4v) is 4.33. The summed E-state index contributed by atoms with van der Waals surface area (Å²) in [4.78, 5) is 15.6. The van der Waals surface area contributed by atoms with E-state index in [-0.39, 0.29) is 10.6 Å². The molecule has 4 aromatic rings. The maximum Gasteiger partial charge on any atom is 0.313 e. The summed E-state index contributed by atoms with van der Waals surface area (Å²) < 4.78 is 30.1. The number of benzene rings is 2. The zero-order valence-electron chi connectivity index (χ0n) is 17.0. The smallest absolute Gasteiger partial charge is 0.313 e. The van der Waals surface area contributed by atoms with E-state index in [0.717, 1.165) is 0 Å². The highest BCUT2D eigenvalue weighted by molar-refractivity contribution is 7.92. The minimum atomic E-state index is -3.99. The Morgan fingerprint density at radius 2 is 1.84 bits per heavy atom. The van der Waals surface area contributed by atoms with Gasteiger partial charge in [0.15, 0.2) is 0 Å². The fourth-order valence-electron chi connectivity index (χ4n) is 3.09. The molecule has 0 spiro atoms. The molecular formula is C21H18ClN5O4S. The molecule has 0 fully saturated rings. The maximum absolute atomic E-state index is 13.0. The second kappa shape index (κ2) is 7.88. The molecule has 11 heteroatoms. The SMILES string of the molecule is CC(C)(C(=O)O)c1ccc(S(=O)(=O)Nc2ccc(Cl)cc2-n2nnc3ncccc32)cc1. The summed E-state index contributed by atoms with van der Waals surface area (Å²) in [6.45, 7) is 3.10. The van der Waals surface area contributed by atoms with E-state index in [9.17, 15) is 18.3 Å². The number of sulfonamides is 1. The van der Waals surface area contributed by atoms with Crippen LogP contribution in [0.1, 0.15) is 19.4 Å². The number of anilines is 1. The third-order valence-corrected chi connectivity index (χ3v) is 6.69. The summed E-state index contributed by atoms with van der Waals surface area (Å²) >= 11 is 6.16. The van der Waals surface area contributed by atoms with Gasteiger partial charge < -0.3 is 5.11 Å². The topological polar surface area (TPSA) is 127 Å². The Kier molecular flexibility index (Phi) is 5.35. The molecule has 2 N–H and O–H groups in total. The van der Waals surface area contributed by atoms with Crippen LogP contribution in [0.4, 0.5) is 5.69 Å². The number of nitrogens with zero attached hydrogens (tertiary/aromatic N) is 4. The number of carboxylic acid groups (broad SMARTS) is 1. The number of carbonyl (C=O) groups is 1. The highest BCUT2D eigenvalue weighted by Gasteiger charge is 2.30. The highest BCUT2D eigenvalue weighted by atomic mass is 35.5. The monoisotopic (exact) mass is 471 g/mol. The molecule has 164 valence electrons. The molecule has 2 aromatic carbocycles. The quantitative estimate of drug-likeness (QED) is 0.439. The van der Waals surface area contributed by atoms with Crippen molar-refractivity contribution in [2.75, 3.05) is 4.72 Å². The predicted molar refractivity (Wildman–Crippen MR) is 120 cm³/mol. The molecule has 4 rings (SSSR count). The first-order chi connectivity index (χ1) is 15.1. The lowest BCUT2D eigenvalue weighted by molar-refractivity contribution is -0.142. The number of rotatable bonds is 6. The molecule has 0 atom stereocenters. The Hall–Kier alpha value is -3.50. The number of hydrogen-bond acceptors (Lipinski definition) is 6. The Labute approximate surface area is 188 Å². The highest BCUT2D eigenvalue weighted by Crippen LogP contribution is 2.29. The lowest BCUT2D eigenvalue weighted by Crippen LogP contribution is -2.28. The van der Waals surface area contributed by atoms with E-state index in [1.807, 2.05) is 0 Å². The van der Waals surface area contributed by atoms with Crippen LogP contribution in [-0.2, 0) is 20.2 Å². The normalized spacial score (nSPS) is 12.1. The number of hydrogen-bond donors (Lipinski definition) is 2. The van der Waals surface area contributed by atoms with E-state index in [1.165, 1.54) is 35.0 Å². The van der Waals surface area contributed by atoms with Gasteiger partial charge in [-0.15, -0.1) is 5.10 Å². The third-order valence-electron chi connectivity index (χ3n) is 5.08. The Morgan fingerprint density at radius 3 is 2.53 bits per heavy atom. The number of nitrogens with one attached hydrogen (secondary N) is 1. The molecular weight excluding hydrogens is 454 g/mol. The average Bonchev–Trinajstić information content (AvgIpc) is 3.19. The molecule has 32 heavy (non-hydrogen) atoms. The number of aromatic nitrogens is 4. The number of fused-ring (bicyclic) bond motifs is 1. The van der Waals surface area contributed by atoms with Crippen LogP contribution in [0.2, 0.25) is 5.02 Å². The van der Waals surface area contributed by atoms with Crippen molar-refractivity contribution in [2.45, 2.75) is 24.2 Å². The Morgan fingerprint density at radius 1 is 1.12 bits per heavy atom. The van der Waals surface area contributed by atoms with E-state index >= 15 is 0 Å². The van der Waals surface area contributed by atoms with Crippen molar-refractivity contribution < 1.29 is 18.3 Å². The Bertz CT molecular complexity index is 1430. The molecule has 0 radical (unpaired) electrons. The lowest BCUT2D eigenvalue weighted by Gasteiger charge is -2.20. The van der Waals surface area contributed by atoms with Crippen molar-refractivity contribution in [1.29, 1.82) is 0 Å². The molecule has 0 saturated carbocycles. The molecule has 9 nitrogen and oxygen atoms in total. The zero-order valence-corrected chi connectivity index (χ0v) is 18.6. The maximum atomic E-state index is 13.0. The second-order valence-electron chi connectivity index (χ2n) is 7.57. The van der Waals surface area contributed by atoms with Gasteiger partial charge in [-0.3, -0.25) is 9.52 Å². The van der Waals surface area contributed by atoms with Crippen LogP contribution in [-0.4, -0.2) is 39.5 Å². The minimum Gasteiger partial charge on any atom is -0.481 e. The first-order valence-corrected chi connectivity index (χ1v) is 11.3. The second-order valence-corrected chi connectivity index (χ2v) is 9.69. The van der Waals surface area contributed by atoms with Gasteiger partial charge in [-0.2, -0.15) is 0 Å². The van der Waals surface area contributed by atoms with Crippen LogP contribution in [0.25, 0.3) is 16.9 Å². The molecule has 0 aliphatic heterocycles. The average molecular weight is 472 g/mol. The fraction of sp³-hybridized carbons (Fsp3) is 0.143. The van der Waals surface area contributed by atoms with Crippen LogP contribution in [0, 0.1) is 0 Å². The standard InChI is InChI=1S/C21H18ClN5O4S/c1-21(2,20(28)29)13-5-8-15(9-6-13)32(30,31)25-16-10-7-14(22)12-18(16)27-17-4-3-11-23-19(17)24-26-27/h3-12,25H,1-2H3,(H,28,29). The number of aliphatic carboxylic acids is 1. The molecule has 0 saturated heterocycles. The van der Waals surface area contributed by atoms with Crippen molar-refractivity contribution in [2.24, 2.45) is 0 Å². The van der Waals surface area contributed by atoms with E-state index in [1.54, 1.807) is 44.3 Å². The van der Waals surface area contributed by atoms with E-state index in [0.29, 0.717) is 27.4 Å². The van der Waals surface area contributed by atoms with Gasteiger partial charge in [0, 0.05) is 11.2 Å². The molecule has 0 bridgehead atoms. The largest absolute Gasteiger partial charge is 0.481 e. The van der Waals surface area contributed by atoms with E-state index < -0.39 is 21.4 Å². The summed E-state index contributed by atoms with van der Waals surface area (Å²) in [6.07, 6.45) is 1.58. The molecule has 2 aromatic heterocycles. The van der Waals surface area contributed by atoms with Crippen molar-refractivity contribution in [1.82, 2.24) is 20.0 Å². The summed E-state index contributed by atoms with van der Waals surface area (Å²) in [6, 6.07) is 13.8. The summed E-state index contributed by atoms with van der Waals surface area (Å²) in [7, 11) is -3.99. The van der Waals surface area contributed by atoms with Gasteiger partial charge in [0.25, 0.3) is 10.0 Å². The van der Waals surface area contributed by atoms with E-state index in [2.05, 4.69) is 20.0 Å². The van der Waals surface area contributed by atoms with Gasteiger partial charge in [0.05, 0.1) is 21.7 Å². The van der Waals surface area contributed by atoms with Gasteiger partial charge in [-0.25, -0.2) is 18.1 Å². The van der Waals surface area contributed by atoms with Gasteiger partial charge in [-0.1, -0.05) is 28.9 Å². The van der Waals surface area contributed by atoms with Crippen LogP contribution < -0.4 is 4.72 Å². The Balaban J connectivity index is 1.72. The van der Waals surface area contributed by atoms with Crippen LogP contribution in [0.15, 0.2) is 65.7 Å². The van der Waals surface area contributed by atoms with Crippen LogP contribution in [0.5, 0.6) is 0 Å². The van der Waals surface area contributed by atoms with Gasteiger partial charge in [0.1, 0.15) is 5.52 Å². The first-order valence-electron chi connectivity index (χ1n) is 9.43. The molecule has 0 aliphatic carbocycles. The summed E-state index contributed by atoms with van der Waals surface area (Å²) in [5, 5.41) is 17.8. The van der Waals surface area contributed by atoms with Crippen molar-refractivity contribution in [3.8, 4) is 5.69 Å². The summed E-state index contributed by atoms with van der Waals surface area (Å²) in [5.41, 5.74) is 0.924. The molecule has 2 heterocycles. The van der Waals surface area contributed by atoms with Crippen molar-refractivity contribution in [3.05, 3.63) is 71.4 Å². The van der Waals surface area contributed by atoms with E-state index in [4.69, 9.17) is 11.6 Å². The molecule has 0 aliphatic rings. The van der Waals surface area contributed by atoms with Crippen molar-refractivity contribution >= 4 is 44.4 Å². The van der Waals surface area contributed by atoms with Crippen molar-refractivity contribution in [3.63, 3.8) is 0 Å². The number of pyridine rings is 1. The minimum absolute atomic E-state index is 0.0200. The summed E-state index contributed by atoms with van der Waals surface area (Å²) in [5.74, 6) is -1.01. The van der Waals surface area contributed by atoms with Gasteiger partial charge in [0.2, 0.25) is 5.65 Å². The first kappa shape index (κ1) is 21.7. The molecule has 0 amide bonds. The van der Waals surface area contributed by atoms with Gasteiger partial charge >= 0.3 is 5.97 Å². The number of carboxylic acids is 1. The predicted octanol–water partition coefficient (Wildman–Crippen LogP) is 3.63. The van der Waals surface area contributed by atoms with Crippen LogP contribution in [0.3, 0.4) is 0 Å². The number of halogens is 1. The third kappa shape index (κ3) is 3.90. The van der Waals surface area contributed by atoms with Crippen LogP contribution >= 0.6 is 11.6 Å². The zero-order chi connectivity index (χ0) is 23.1. The van der Waals surface area contributed by atoms with Gasteiger partial charge in [-0.05, 0) is 61.9 Å². The lowest BCUT2D eigenvalue weighted by atomic mass is 9.85.